The van der Waals surface area contributed by atoms with Crippen molar-refractivity contribution in [1.82, 2.24) is 10.3 Å². The molecule has 3 saturated carbocycles. The molecule has 9 atom stereocenters. The lowest BCUT2D eigenvalue weighted by Gasteiger charge is -2.62. The fourth-order valence-corrected chi connectivity index (χ4v) is 11.1. The van der Waals surface area contributed by atoms with Gasteiger partial charge in [-0.2, -0.15) is 0 Å². The Bertz CT molecular complexity index is 2370. The number of fused-ring (bicyclic) bond motifs is 6. The van der Waals surface area contributed by atoms with Gasteiger partial charge in [-0.1, -0.05) is 62.8 Å². The number of rotatable bonds is 15. The maximum Gasteiger partial charge on any atom is 0.320 e. The van der Waals surface area contributed by atoms with Gasteiger partial charge in [0, 0.05) is 59.1 Å². The topological polar surface area (TPSA) is 213 Å². The highest BCUT2D eigenvalue weighted by atomic mass is 19.1. The van der Waals surface area contributed by atoms with Gasteiger partial charge in [-0.05, 0) is 85.4 Å². The number of Topliss-reactive ketones (excluding diaryl/α,β-unsaturated/α-hetero) is 1. The zero-order valence-electron chi connectivity index (χ0n) is 36.0. The van der Waals surface area contributed by atoms with E-state index in [0.29, 0.717) is 41.6 Å². The number of amides is 1. The Hall–Kier alpha value is -5.64. The Morgan fingerprint density at radius 1 is 0.984 bits per heavy atom. The Kier molecular flexibility index (Phi) is 12.9. The molecule has 0 spiro atoms. The number of aliphatic hydroxyl groups is 1. The summed E-state index contributed by atoms with van der Waals surface area (Å²) in [5.74, 6) is -5.79. The second-order valence-corrected chi connectivity index (χ2v) is 17.8. The van der Waals surface area contributed by atoms with Crippen molar-refractivity contribution in [2.45, 2.75) is 89.7 Å². The maximum absolute atomic E-state index is 17.7. The van der Waals surface area contributed by atoms with Gasteiger partial charge in [-0.15, -0.1) is 0 Å². The first-order valence-electron chi connectivity index (χ1n) is 21.5. The van der Waals surface area contributed by atoms with E-state index in [-0.39, 0.29) is 44.2 Å². The standard InChI is InChI=1S/C48H55FN4O10/c1-5-41(57)63-48(28(2)18-38-37-13-11-33-20-35(54)14-16-45(33,3)47(37,49)39(55)21-46(38,48)4)40(56)27-62-43(59)25-52-24-42(58)61-26-29-6-8-30(9-7-29)36(22-50)44(60)53-34-12-10-32-23-51-17-15-31(32)19-34/h6-10,12,14-17,19-20,23,28,36-39,52,55H,5,11,13,18,21-22,24-27,50H2,1-4H3,(H,53,60)/t28-,36+,37?,38?,39-,45-,46-,47-,48-/m0/s1. The second kappa shape index (κ2) is 17.9. The SMILES string of the molecule is CCC(=O)O[C@]1(C(=O)COC(=O)CNCC(=O)OCc2ccc([C@@H](CN)C(=O)Nc3ccc4cnccc4c3)cc2)[C@@H](C)CC2C3CCC4=CC(=O)C=C[C@]4(C)[C@@]3(F)[C@@H](O)C[C@@]21C. The molecule has 63 heavy (non-hydrogen) atoms. The van der Waals surface area contributed by atoms with Crippen LogP contribution in [0.15, 0.2) is 84.7 Å². The van der Waals surface area contributed by atoms with Crippen molar-refractivity contribution in [2.24, 2.45) is 34.3 Å². The molecule has 1 amide bonds. The fraction of sp³-hybridized carbons (Fsp3) is 0.479. The lowest BCUT2D eigenvalue weighted by molar-refractivity contribution is -0.228. The van der Waals surface area contributed by atoms with Crippen LogP contribution >= 0.6 is 0 Å². The molecule has 334 valence electrons. The van der Waals surface area contributed by atoms with Crippen molar-refractivity contribution in [1.29, 1.82) is 0 Å². The molecule has 1 aromatic heterocycles. The average molecular weight is 867 g/mol. The zero-order valence-corrected chi connectivity index (χ0v) is 36.0. The van der Waals surface area contributed by atoms with Gasteiger partial charge in [0.25, 0.3) is 0 Å². The van der Waals surface area contributed by atoms with Gasteiger partial charge >= 0.3 is 17.9 Å². The van der Waals surface area contributed by atoms with Gasteiger partial charge in [-0.3, -0.25) is 39.1 Å². The summed E-state index contributed by atoms with van der Waals surface area (Å²) in [6.45, 7) is 5.26. The van der Waals surface area contributed by atoms with Gasteiger partial charge in [0.15, 0.2) is 23.7 Å². The van der Waals surface area contributed by atoms with Crippen molar-refractivity contribution in [2.75, 3.05) is 31.6 Å². The summed E-state index contributed by atoms with van der Waals surface area (Å²) in [5, 5.41) is 19.3. The Morgan fingerprint density at radius 3 is 2.43 bits per heavy atom. The first-order chi connectivity index (χ1) is 30.0. The third-order valence-corrected chi connectivity index (χ3v) is 14.3. The predicted molar refractivity (Wildman–Crippen MR) is 229 cm³/mol. The number of benzene rings is 2. The quantitative estimate of drug-likeness (QED) is 0.118. The summed E-state index contributed by atoms with van der Waals surface area (Å²) in [5.41, 5.74) is 2.15. The van der Waals surface area contributed by atoms with Crippen LogP contribution in [0.4, 0.5) is 10.1 Å². The van der Waals surface area contributed by atoms with Crippen LogP contribution in [0.5, 0.6) is 0 Å². The molecule has 15 heteroatoms. The predicted octanol–water partition coefficient (Wildman–Crippen LogP) is 4.97. The normalized spacial score (nSPS) is 30.0. The molecule has 4 aliphatic rings. The molecule has 2 unspecified atom stereocenters. The molecular formula is C48H55FN4O10. The molecule has 3 fully saturated rings. The number of pyridine rings is 1. The molecule has 0 aliphatic heterocycles. The average Bonchev–Trinajstić information content (AvgIpc) is 3.48. The van der Waals surface area contributed by atoms with Crippen molar-refractivity contribution >= 4 is 51.8 Å². The highest BCUT2D eigenvalue weighted by Gasteiger charge is 2.77. The van der Waals surface area contributed by atoms with Crippen LogP contribution in [0.2, 0.25) is 0 Å². The van der Waals surface area contributed by atoms with E-state index in [2.05, 4.69) is 15.6 Å². The number of alkyl halides is 1. The number of ketones is 2. The third-order valence-electron chi connectivity index (χ3n) is 14.3. The first-order valence-corrected chi connectivity index (χ1v) is 21.5. The number of hydrogen-bond acceptors (Lipinski definition) is 13. The van der Waals surface area contributed by atoms with E-state index in [1.165, 1.54) is 12.2 Å². The molecule has 1 heterocycles. The summed E-state index contributed by atoms with van der Waals surface area (Å²) < 4.78 is 34.6. The first kappa shape index (κ1) is 45.4. The van der Waals surface area contributed by atoms with Gasteiger partial charge in [-0.25, -0.2) is 4.39 Å². The number of carbonyl (C=O) groups is 6. The molecule has 0 saturated heterocycles. The number of carbonyl (C=O) groups excluding carboxylic acids is 6. The molecule has 7 rings (SSSR count). The summed E-state index contributed by atoms with van der Waals surface area (Å²) in [6.07, 6.45) is 7.02. The molecule has 5 N–H and O–H groups in total. The van der Waals surface area contributed by atoms with Gasteiger partial charge in [0.1, 0.15) is 6.61 Å². The van der Waals surface area contributed by atoms with Crippen molar-refractivity contribution < 1.29 is 52.5 Å². The van der Waals surface area contributed by atoms with Crippen molar-refractivity contribution in [3.8, 4) is 0 Å². The minimum atomic E-state index is -2.15. The van der Waals surface area contributed by atoms with E-state index in [9.17, 15) is 33.9 Å². The second-order valence-electron chi connectivity index (χ2n) is 17.8. The van der Waals surface area contributed by atoms with Crippen LogP contribution in [0.1, 0.15) is 76.8 Å². The van der Waals surface area contributed by atoms with Gasteiger partial charge < -0.3 is 30.4 Å². The minimum absolute atomic E-state index is 0.0445. The number of esters is 3. The van der Waals surface area contributed by atoms with Crippen LogP contribution < -0.4 is 16.4 Å². The van der Waals surface area contributed by atoms with Crippen LogP contribution in [-0.4, -0.2) is 89.1 Å². The molecule has 0 radical (unpaired) electrons. The maximum atomic E-state index is 17.7. The van der Waals surface area contributed by atoms with Crippen molar-refractivity contribution in [3.63, 3.8) is 0 Å². The highest BCUT2D eigenvalue weighted by molar-refractivity contribution is 6.01. The smallest absolute Gasteiger partial charge is 0.320 e. The minimum Gasteiger partial charge on any atom is -0.460 e. The molecular weight excluding hydrogens is 812 g/mol. The van der Waals surface area contributed by atoms with Crippen LogP contribution in [0.25, 0.3) is 10.8 Å². The van der Waals surface area contributed by atoms with Crippen molar-refractivity contribution in [3.05, 3.63) is 95.9 Å². The lowest BCUT2D eigenvalue weighted by Crippen LogP contribution is -2.70. The largest absolute Gasteiger partial charge is 0.460 e. The molecule has 14 nitrogen and oxygen atoms in total. The molecule has 0 bridgehead atoms. The van der Waals surface area contributed by atoms with E-state index in [1.54, 1.807) is 76.5 Å². The molecule has 3 aromatic rings. The summed E-state index contributed by atoms with van der Waals surface area (Å²) in [4.78, 5) is 82.4. The molecule has 4 aliphatic carbocycles. The fourth-order valence-electron chi connectivity index (χ4n) is 11.1. The summed E-state index contributed by atoms with van der Waals surface area (Å²) >= 11 is 0. The Balaban J connectivity index is 0.913. The van der Waals surface area contributed by atoms with Crippen LogP contribution in [0, 0.1) is 28.6 Å². The van der Waals surface area contributed by atoms with Gasteiger partial charge in [0.05, 0.1) is 25.1 Å². The van der Waals surface area contributed by atoms with Crippen LogP contribution in [0.3, 0.4) is 0 Å². The van der Waals surface area contributed by atoms with E-state index in [0.717, 1.165) is 10.8 Å². The van der Waals surface area contributed by atoms with E-state index < -0.39 is 88.7 Å². The number of halogens is 1. The Labute approximate surface area is 365 Å². The summed E-state index contributed by atoms with van der Waals surface area (Å²) in [7, 11) is 0. The number of nitrogens with one attached hydrogen (secondary N) is 2. The number of allylic oxidation sites excluding steroid dienone is 4. The summed E-state index contributed by atoms with van der Waals surface area (Å²) in [6, 6.07) is 14.3. The Morgan fingerprint density at radius 2 is 1.71 bits per heavy atom. The lowest BCUT2D eigenvalue weighted by atomic mass is 9.44. The number of aliphatic hydroxyl groups excluding tert-OH is 1. The van der Waals surface area contributed by atoms with Crippen LogP contribution in [-0.2, 0) is 49.6 Å². The highest BCUT2D eigenvalue weighted by Crippen LogP contribution is 2.71. The van der Waals surface area contributed by atoms with E-state index in [1.807, 2.05) is 18.2 Å². The zero-order chi connectivity index (χ0) is 45.3. The van der Waals surface area contributed by atoms with Gasteiger partial charge in [0.2, 0.25) is 11.7 Å². The number of nitrogens with zero attached hydrogens (tertiary/aromatic N) is 1. The number of nitrogens with two attached hydrogens (primary N) is 1. The van der Waals surface area contributed by atoms with E-state index >= 15 is 4.39 Å². The number of anilines is 1. The number of ether oxygens (including phenoxy) is 3. The number of aromatic nitrogens is 1. The third kappa shape index (κ3) is 8.10. The number of hydrogen-bond donors (Lipinski definition) is 4. The monoisotopic (exact) mass is 866 g/mol. The van der Waals surface area contributed by atoms with E-state index in [4.69, 9.17) is 19.9 Å². The molecule has 2 aromatic carbocycles.